The van der Waals surface area contributed by atoms with Crippen LogP contribution >= 0.6 is 0 Å². The molecule has 1 aromatic heterocycles. The molecule has 0 spiro atoms. The summed E-state index contributed by atoms with van der Waals surface area (Å²) in [5.74, 6) is 0.672. The Kier molecular flexibility index (Phi) is 5.14. The van der Waals surface area contributed by atoms with Crippen molar-refractivity contribution in [2.24, 2.45) is 0 Å². The molecule has 0 radical (unpaired) electrons. The maximum Gasteiger partial charge on any atom is 0.254 e. The number of fused-ring (bicyclic) bond motifs is 1. The van der Waals surface area contributed by atoms with Crippen molar-refractivity contribution in [2.75, 3.05) is 6.54 Å². The lowest BCUT2D eigenvalue weighted by molar-refractivity contribution is 0.0730. The highest BCUT2D eigenvalue weighted by molar-refractivity contribution is 7.89. The number of hydrogen-bond donors (Lipinski definition) is 2. The van der Waals surface area contributed by atoms with Crippen molar-refractivity contribution in [3.63, 3.8) is 0 Å². The second kappa shape index (κ2) is 7.61. The highest BCUT2D eigenvalue weighted by Crippen LogP contribution is 2.32. The van der Waals surface area contributed by atoms with E-state index in [9.17, 15) is 13.2 Å². The van der Waals surface area contributed by atoms with Crippen molar-refractivity contribution in [1.29, 1.82) is 0 Å². The fraction of sp³-hybridized carbons (Fsp3) is 0.333. The quantitative estimate of drug-likeness (QED) is 0.673. The van der Waals surface area contributed by atoms with Crippen molar-refractivity contribution in [3.8, 4) is 0 Å². The number of rotatable bonds is 5. The molecule has 2 heterocycles. The third-order valence-corrected chi connectivity index (χ3v) is 6.71. The smallest absolute Gasteiger partial charge is 0.254 e. The summed E-state index contributed by atoms with van der Waals surface area (Å²) in [5.41, 5.74) is 2.31. The lowest BCUT2D eigenvalue weighted by Gasteiger charge is -2.23. The Labute approximate surface area is 170 Å². The van der Waals surface area contributed by atoms with Gasteiger partial charge in [-0.05, 0) is 63.1 Å². The van der Waals surface area contributed by atoms with Crippen LogP contribution in [0.5, 0.6) is 0 Å². The van der Waals surface area contributed by atoms with Crippen molar-refractivity contribution < 1.29 is 13.2 Å². The number of benzene rings is 2. The number of hydrogen-bond acceptors (Lipinski definition) is 4. The van der Waals surface area contributed by atoms with Gasteiger partial charge >= 0.3 is 0 Å². The van der Waals surface area contributed by atoms with E-state index < -0.39 is 10.0 Å². The Balaban J connectivity index is 1.57. The number of H-pyrrole nitrogens is 1. The summed E-state index contributed by atoms with van der Waals surface area (Å²) in [4.78, 5) is 23.1. The number of likely N-dealkylation sites (tertiary alicyclic amines) is 1. The van der Waals surface area contributed by atoms with Gasteiger partial charge in [0.05, 0.1) is 22.0 Å². The van der Waals surface area contributed by atoms with Crippen LogP contribution in [0.25, 0.3) is 11.0 Å². The standard InChI is InChI=1S/C21H24N4O3S/c1-14(2)24-29(27,28)16-11-9-15(10-12-16)21(26)25-13-5-8-19(25)20-22-17-6-3-4-7-18(17)23-20/h3-4,6-7,9-12,14,19,24H,5,8,13H2,1-2H3,(H,22,23). The topological polar surface area (TPSA) is 95.2 Å². The number of carbonyl (C=O) groups is 1. The molecular weight excluding hydrogens is 388 g/mol. The third kappa shape index (κ3) is 3.90. The third-order valence-electron chi connectivity index (χ3n) is 5.04. The lowest BCUT2D eigenvalue weighted by Crippen LogP contribution is -2.31. The Bertz CT molecular complexity index is 1100. The van der Waals surface area contributed by atoms with E-state index in [1.54, 1.807) is 26.0 Å². The normalized spacial score (nSPS) is 17.3. The second-order valence-electron chi connectivity index (χ2n) is 7.60. The molecule has 1 aliphatic rings. The first-order valence-corrected chi connectivity index (χ1v) is 11.2. The zero-order valence-electron chi connectivity index (χ0n) is 16.4. The summed E-state index contributed by atoms with van der Waals surface area (Å²) < 4.78 is 27.1. The minimum Gasteiger partial charge on any atom is -0.340 e. The van der Waals surface area contributed by atoms with E-state index in [-0.39, 0.29) is 22.9 Å². The molecule has 0 saturated carbocycles. The minimum absolute atomic E-state index is 0.110. The van der Waals surface area contributed by atoms with Gasteiger partial charge < -0.3 is 9.88 Å². The van der Waals surface area contributed by atoms with Gasteiger partial charge in [-0.2, -0.15) is 0 Å². The molecule has 0 aliphatic carbocycles. The van der Waals surface area contributed by atoms with Crippen molar-refractivity contribution in [2.45, 2.75) is 43.7 Å². The predicted octanol–water partition coefficient (Wildman–Crippen LogP) is 3.23. The van der Waals surface area contributed by atoms with E-state index in [0.29, 0.717) is 12.1 Å². The van der Waals surface area contributed by atoms with Crippen LogP contribution in [0, 0.1) is 0 Å². The Morgan fingerprint density at radius 1 is 1.17 bits per heavy atom. The monoisotopic (exact) mass is 412 g/mol. The molecule has 29 heavy (non-hydrogen) atoms. The number of para-hydroxylation sites is 2. The van der Waals surface area contributed by atoms with Crippen molar-refractivity contribution in [3.05, 3.63) is 59.9 Å². The van der Waals surface area contributed by atoms with Crippen LogP contribution in [-0.2, 0) is 10.0 Å². The molecular formula is C21H24N4O3S. The van der Waals surface area contributed by atoms with E-state index in [4.69, 9.17) is 0 Å². The molecule has 4 rings (SSSR count). The van der Waals surface area contributed by atoms with Crippen LogP contribution in [0.2, 0.25) is 0 Å². The minimum atomic E-state index is -3.58. The molecule has 1 aliphatic heterocycles. The summed E-state index contributed by atoms with van der Waals surface area (Å²) in [5, 5.41) is 0. The number of sulfonamides is 1. The average molecular weight is 413 g/mol. The molecule has 3 aromatic rings. The zero-order valence-corrected chi connectivity index (χ0v) is 17.2. The number of amides is 1. The molecule has 8 heteroatoms. The number of imidazole rings is 1. The Morgan fingerprint density at radius 2 is 1.90 bits per heavy atom. The summed E-state index contributed by atoms with van der Waals surface area (Å²) >= 11 is 0. The van der Waals surface area contributed by atoms with Crippen LogP contribution < -0.4 is 4.72 Å². The highest BCUT2D eigenvalue weighted by atomic mass is 32.2. The second-order valence-corrected chi connectivity index (χ2v) is 9.31. The zero-order chi connectivity index (χ0) is 20.6. The molecule has 1 saturated heterocycles. The molecule has 7 nitrogen and oxygen atoms in total. The van der Waals surface area contributed by atoms with Gasteiger partial charge in [-0.1, -0.05) is 12.1 Å². The summed E-state index contributed by atoms with van der Waals surface area (Å²) in [6, 6.07) is 13.6. The van der Waals surface area contributed by atoms with Crippen LogP contribution in [0.15, 0.2) is 53.4 Å². The Morgan fingerprint density at radius 3 is 2.59 bits per heavy atom. The van der Waals surface area contributed by atoms with E-state index in [2.05, 4.69) is 14.7 Å². The highest BCUT2D eigenvalue weighted by Gasteiger charge is 2.32. The molecule has 2 N–H and O–H groups in total. The fourth-order valence-corrected chi connectivity index (χ4v) is 5.00. The van der Waals surface area contributed by atoms with Gasteiger partial charge in [-0.25, -0.2) is 18.1 Å². The molecule has 1 unspecified atom stereocenters. The van der Waals surface area contributed by atoms with E-state index in [0.717, 1.165) is 29.7 Å². The van der Waals surface area contributed by atoms with Crippen molar-refractivity contribution >= 4 is 27.0 Å². The van der Waals surface area contributed by atoms with E-state index >= 15 is 0 Å². The first kappa shape index (κ1) is 19.6. The SMILES string of the molecule is CC(C)NS(=O)(=O)c1ccc(C(=O)N2CCCC2c2nc3ccccc3[nH]2)cc1. The first-order chi connectivity index (χ1) is 13.8. The van der Waals surface area contributed by atoms with E-state index in [1.165, 1.54) is 12.1 Å². The number of nitrogens with one attached hydrogen (secondary N) is 2. The average Bonchev–Trinajstić information content (AvgIpc) is 3.33. The largest absolute Gasteiger partial charge is 0.340 e. The van der Waals surface area contributed by atoms with Gasteiger partial charge in [-0.15, -0.1) is 0 Å². The molecule has 152 valence electrons. The summed E-state index contributed by atoms with van der Waals surface area (Å²) in [6.07, 6.45) is 1.74. The predicted molar refractivity (Wildman–Crippen MR) is 111 cm³/mol. The number of nitrogens with zero attached hydrogens (tertiary/aromatic N) is 2. The van der Waals surface area contributed by atoms with Gasteiger partial charge in [-0.3, -0.25) is 4.79 Å². The molecule has 0 bridgehead atoms. The van der Waals surface area contributed by atoms with Crippen LogP contribution in [-0.4, -0.2) is 41.8 Å². The van der Waals surface area contributed by atoms with Gasteiger partial charge in [0, 0.05) is 18.2 Å². The van der Waals surface area contributed by atoms with Crippen LogP contribution in [0.4, 0.5) is 0 Å². The first-order valence-electron chi connectivity index (χ1n) is 9.73. The molecule has 1 atom stereocenters. The molecule has 1 fully saturated rings. The van der Waals surface area contributed by atoms with Gasteiger partial charge in [0.15, 0.2) is 0 Å². The number of aromatic amines is 1. The Hall–Kier alpha value is -2.71. The lowest BCUT2D eigenvalue weighted by atomic mass is 10.1. The van der Waals surface area contributed by atoms with Gasteiger partial charge in [0.2, 0.25) is 10.0 Å². The maximum atomic E-state index is 13.1. The summed E-state index contributed by atoms with van der Waals surface area (Å²) in [6.45, 7) is 4.18. The molecule has 2 aromatic carbocycles. The number of aromatic nitrogens is 2. The van der Waals surface area contributed by atoms with Gasteiger partial charge in [0.25, 0.3) is 5.91 Å². The van der Waals surface area contributed by atoms with Crippen molar-refractivity contribution in [1.82, 2.24) is 19.6 Å². The van der Waals surface area contributed by atoms with E-state index in [1.807, 2.05) is 29.2 Å². The van der Waals surface area contributed by atoms with Crippen LogP contribution in [0.1, 0.15) is 48.9 Å². The van der Waals surface area contributed by atoms with Gasteiger partial charge in [0.1, 0.15) is 5.82 Å². The fourth-order valence-electron chi connectivity index (χ4n) is 3.75. The molecule has 1 amide bonds. The number of carbonyl (C=O) groups excluding carboxylic acids is 1. The maximum absolute atomic E-state index is 13.1. The summed E-state index contributed by atoms with van der Waals surface area (Å²) in [7, 11) is -3.58. The van der Waals surface area contributed by atoms with Crippen LogP contribution in [0.3, 0.4) is 0 Å².